The molecule has 0 aliphatic carbocycles. The Morgan fingerprint density at radius 1 is 1.39 bits per heavy atom. The third kappa shape index (κ3) is 2.30. The molecule has 18 heavy (non-hydrogen) atoms. The SMILES string of the molecule is Cc1cnc(C)c(N2CCC(C)(C(=O)O)CC2)n1. The number of piperidine rings is 1. The predicted molar refractivity (Wildman–Crippen MR) is 68.7 cm³/mol. The normalized spacial score (nSPS) is 18.7. The average Bonchev–Trinajstić information content (AvgIpc) is 2.33. The van der Waals surface area contributed by atoms with Crippen LogP contribution < -0.4 is 4.90 Å². The molecular weight excluding hydrogens is 230 g/mol. The summed E-state index contributed by atoms with van der Waals surface area (Å²) in [6.45, 7) is 7.12. The van der Waals surface area contributed by atoms with E-state index < -0.39 is 11.4 Å². The first-order valence-corrected chi connectivity index (χ1v) is 6.21. The Kier molecular flexibility index (Phi) is 3.24. The molecule has 0 aromatic carbocycles. The fourth-order valence-electron chi connectivity index (χ4n) is 2.25. The number of hydrogen-bond acceptors (Lipinski definition) is 4. The predicted octanol–water partition coefficient (Wildman–Crippen LogP) is 1.78. The summed E-state index contributed by atoms with van der Waals surface area (Å²) in [5, 5.41) is 9.21. The highest BCUT2D eigenvalue weighted by Crippen LogP contribution is 2.33. The van der Waals surface area contributed by atoms with E-state index in [0.29, 0.717) is 12.8 Å². The first-order valence-electron chi connectivity index (χ1n) is 6.21. The van der Waals surface area contributed by atoms with Gasteiger partial charge in [0, 0.05) is 19.3 Å². The van der Waals surface area contributed by atoms with Gasteiger partial charge in [0.2, 0.25) is 0 Å². The highest BCUT2D eigenvalue weighted by atomic mass is 16.4. The number of carbonyl (C=O) groups is 1. The zero-order valence-electron chi connectivity index (χ0n) is 11.1. The number of carboxylic acid groups (broad SMARTS) is 1. The zero-order valence-corrected chi connectivity index (χ0v) is 11.1. The van der Waals surface area contributed by atoms with Crippen LogP contribution in [0.4, 0.5) is 5.82 Å². The van der Waals surface area contributed by atoms with Gasteiger partial charge in [0.1, 0.15) is 5.82 Å². The number of aryl methyl sites for hydroxylation is 2. The molecule has 5 nitrogen and oxygen atoms in total. The van der Waals surface area contributed by atoms with Crippen LogP contribution in [0.1, 0.15) is 31.2 Å². The van der Waals surface area contributed by atoms with Gasteiger partial charge in [0.15, 0.2) is 0 Å². The number of anilines is 1. The highest BCUT2D eigenvalue weighted by Gasteiger charge is 2.37. The maximum Gasteiger partial charge on any atom is 0.309 e. The molecule has 1 aliphatic heterocycles. The lowest BCUT2D eigenvalue weighted by molar-refractivity contribution is -0.149. The van der Waals surface area contributed by atoms with Crippen molar-refractivity contribution in [3.63, 3.8) is 0 Å². The topological polar surface area (TPSA) is 66.3 Å². The van der Waals surface area contributed by atoms with Crippen LogP contribution in [0.3, 0.4) is 0 Å². The van der Waals surface area contributed by atoms with E-state index in [1.165, 1.54) is 0 Å². The summed E-state index contributed by atoms with van der Waals surface area (Å²) in [5.74, 6) is 0.191. The van der Waals surface area contributed by atoms with E-state index in [4.69, 9.17) is 0 Å². The maximum absolute atomic E-state index is 11.2. The van der Waals surface area contributed by atoms with E-state index in [9.17, 15) is 9.90 Å². The molecule has 0 atom stereocenters. The minimum Gasteiger partial charge on any atom is -0.481 e. The smallest absolute Gasteiger partial charge is 0.309 e. The Labute approximate surface area is 107 Å². The first kappa shape index (κ1) is 12.8. The zero-order chi connectivity index (χ0) is 13.3. The lowest BCUT2D eigenvalue weighted by Crippen LogP contribution is -2.43. The number of rotatable bonds is 2. The highest BCUT2D eigenvalue weighted by molar-refractivity contribution is 5.74. The minimum absolute atomic E-state index is 0.596. The first-order chi connectivity index (χ1) is 8.42. The van der Waals surface area contributed by atoms with E-state index in [1.54, 1.807) is 6.20 Å². The Balaban J connectivity index is 2.15. The van der Waals surface area contributed by atoms with Gasteiger partial charge in [-0.05, 0) is 33.6 Å². The van der Waals surface area contributed by atoms with Gasteiger partial charge in [0.05, 0.1) is 16.8 Å². The molecule has 0 amide bonds. The average molecular weight is 249 g/mol. The van der Waals surface area contributed by atoms with Crippen LogP contribution in [-0.2, 0) is 4.79 Å². The van der Waals surface area contributed by atoms with Crippen LogP contribution in [-0.4, -0.2) is 34.1 Å². The molecule has 2 heterocycles. The molecule has 0 saturated carbocycles. The third-order valence-corrected chi connectivity index (χ3v) is 3.73. The van der Waals surface area contributed by atoms with Crippen molar-refractivity contribution in [3.8, 4) is 0 Å². The van der Waals surface area contributed by atoms with E-state index in [1.807, 2.05) is 20.8 Å². The summed E-state index contributed by atoms with van der Waals surface area (Å²) >= 11 is 0. The van der Waals surface area contributed by atoms with Crippen molar-refractivity contribution < 1.29 is 9.90 Å². The lowest BCUT2D eigenvalue weighted by Gasteiger charge is -2.37. The molecule has 1 aromatic heterocycles. The molecule has 1 aromatic rings. The second-order valence-electron chi connectivity index (χ2n) is 5.27. The van der Waals surface area contributed by atoms with Gasteiger partial charge < -0.3 is 10.0 Å². The monoisotopic (exact) mass is 249 g/mol. The lowest BCUT2D eigenvalue weighted by atomic mass is 9.80. The molecule has 0 spiro atoms. The van der Waals surface area contributed by atoms with Crippen LogP contribution >= 0.6 is 0 Å². The second kappa shape index (κ2) is 4.55. The summed E-state index contributed by atoms with van der Waals surface area (Å²) in [6, 6.07) is 0. The number of aliphatic carboxylic acids is 1. The summed E-state index contributed by atoms with van der Waals surface area (Å²) in [4.78, 5) is 22.1. The van der Waals surface area contributed by atoms with Gasteiger partial charge >= 0.3 is 5.97 Å². The fourth-order valence-corrected chi connectivity index (χ4v) is 2.25. The standard InChI is InChI=1S/C13H19N3O2/c1-9-8-14-10(2)11(15-9)16-6-4-13(3,5-7-16)12(17)18/h8H,4-7H2,1-3H3,(H,17,18). The Morgan fingerprint density at radius 3 is 2.56 bits per heavy atom. The van der Waals surface area contributed by atoms with Crippen molar-refractivity contribution >= 4 is 11.8 Å². The van der Waals surface area contributed by atoms with Gasteiger partial charge in [-0.15, -0.1) is 0 Å². The van der Waals surface area contributed by atoms with E-state index >= 15 is 0 Å². The van der Waals surface area contributed by atoms with Gasteiger partial charge in [0.25, 0.3) is 0 Å². The van der Waals surface area contributed by atoms with Crippen molar-refractivity contribution in [3.05, 3.63) is 17.6 Å². The maximum atomic E-state index is 11.2. The summed E-state index contributed by atoms with van der Waals surface area (Å²) in [5.41, 5.74) is 1.20. The van der Waals surface area contributed by atoms with Crippen LogP contribution in [0.5, 0.6) is 0 Å². The van der Waals surface area contributed by atoms with Crippen LogP contribution in [0.15, 0.2) is 6.20 Å². The van der Waals surface area contributed by atoms with Crippen molar-refractivity contribution in [1.82, 2.24) is 9.97 Å². The number of hydrogen-bond donors (Lipinski definition) is 1. The van der Waals surface area contributed by atoms with Crippen molar-refractivity contribution in [1.29, 1.82) is 0 Å². The quantitative estimate of drug-likeness (QED) is 0.865. The van der Waals surface area contributed by atoms with Crippen molar-refractivity contribution in [2.45, 2.75) is 33.6 Å². The second-order valence-corrected chi connectivity index (χ2v) is 5.27. The van der Waals surface area contributed by atoms with Gasteiger partial charge in [-0.1, -0.05) is 0 Å². The molecule has 1 aliphatic rings. The van der Waals surface area contributed by atoms with Gasteiger partial charge in [-0.25, -0.2) is 4.98 Å². The molecule has 1 saturated heterocycles. The molecule has 98 valence electrons. The van der Waals surface area contributed by atoms with Crippen molar-refractivity contribution in [2.24, 2.45) is 5.41 Å². The molecule has 0 bridgehead atoms. The van der Waals surface area contributed by atoms with Crippen LogP contribution in [0.25, 0.3) is 0 Å². The van der Waals surface area contributed by atoms with Crippen LogP contribution in [0, 0.1) is 19.3 Å². The van der Waals surface area contributed by atoms with E-state index in [2.05, 4.69) is 14.9 Å². The summed E-state index contributed by atoms with van der Waals surface area (Å²) in [6.07, 6.45) is 3.05. The molecule has 2 rings (SSSR count). The largest absolute Gasteiger partial charge is 0.481 e. The van der Waals surface area contributed by atoms with Crippen molar-refractivity contribution in [2.75, 3.05) is 18.0 Å². The van der Waals surface area contributed by atoms with Gasteiger partial charge in [-0.2, -0.15) is 0 Å². The Morgan fingerprint density at radius 2 is 2.00 bits per heavy atom. The minimum atomic E-state index is -0.700. The van der Waals surface area contributed by atoms with Gasteiger partial charge in [-0.3, -0.25) is 9.78 Å². The summed E-state index contributed by atoms with van der Waals surface area (Å²) in [7, 11) is 0. The van der Waals surface area contributed by atoms with Crippen LogP contribution in [0.2, 0.25) is 0 Å². The molecule has 0 unspecified atom stereocenters. The molecule has 0 radical (unpaired) electrons. The molecule has 1 fully saturated rings. The Hall–Kier alpha value is -1.65. The molecular formula is C13H19N3O2. The van der Waals surface area contributed by atoms with E-state index in [0.717, 1.165) is 30.3 Å². The molecule has 1 N–H and O–H groups in total. The number of carboxylic acids is 1. The molecule has 5 heteroatoms. The Bertz CT molecular complexity index is 465. The number of aromatic nitrogens is 2. The fraction of sp³-hybridized carbons (Fsp3) is 0.615. The summed E-state index contributed by atoms with van der Waals surface area (Å²) < 4.78 is 0. The van der Waals surface area contributed by atoms with E-state index in [-0.39, 0.29) is 0 Å². The third-order valence-electron chi connectivity index (χ3n) is 3.73. The number of nitrogens with zero attached hydrogens (tertiary/aromatic N) is 3.